The third kappa shape index (κ3) is 2.60. The molecule has 1 unspecified atom stereocenters. The van der Waals surface area contributed by atoms with Gasteiger partial charge in [-0.2, -0.15) is 0 Å². The van der Waals surface area contributed by atoms with E-state index in [4.69, 9.17) is 11.6 Å². The first kappa shape index (κ1) is 13.9. The van der Waals surface area contributed by atoms with Crippen molar-refractivity contribution in [1.82, 2.24) is 10.3 Å². The lowest BCUT2D eigenvalue weighted by atomic mass is 9.97. The summed E-state index contributed by atoms with van der Waals surface area (Å²) in [6.45, 7) is 1.60. The molecule has 19 heavy (non-hydrogen) atoms. The molecule has 0 spiro atoms. The number of pyridine rings is 1. The summed E-state index contributed by atoms with van der Waals surface area (Å²) in [6, 6.07) is 3.66. The van der Waals surface area contributed by atoms with Crippen LogP contribution in [0.25, 0.3) is 0 Å². The van der Waals surface area contributed by atoms with Crippen LogP contribution in [-0.2, 0) is 0 Å². The fourth-order valence-electron chi connectivity index (χ4n) is 2.02. The highest BCUT2D eigenvalue weighted by molar-refractivity contribution is 6.31. The highest BCUT2D eigenvalue weighted by atomic mass is 35.5. The fraction of sp³-hybridized carbons (Fsp3) is 0.214. The maximum Gasteiger partial charge on any atom is 0.134 e. The second-order valence-corrected chi connectivity index (χ2v) is 4.62. The van der Waals surface area contributed by atoms with E-state index in [9.17, 15) is 8.78 Å². The Morgan fingerprint density at radius 2 is 2.00 bits per heavy atom. The van der Waals surface area contributed by atoms with Gasteiger partial charge in [0.15, 0.2) is 0 Å². The molecule has 1 heterocycles. The van der Waals surface area contributed by atoms with Crippen molar-refractivity contribution >= 4 is 11.6 Å². The minimum absolute atomic E-state index is 0.0319. The zero-order valence-corrected chi connectivity index (χ0v) is 11.3. The Morgan fingerprint density at radius 1 is 1.26 bits per heavy atom. The predicted molar refractivity (Wildman–Crippen MR) is 71.2 cm³/mol. The number of halogens is 3. The van der Waals surface area contributed by atoms with Crippen LogP contribution in [0.15, 0.2) is 30.6 Å². The van der Waals surface area contributed by atoms with E-state index in [1.807, 2.05) is 0 Å². The van der Waals surface area contributed by atoms with Crippen molar-refractivity contribution in [2.75, 3.05) is 7.05 Å². The van der Waals surface area contributed by atoms with Gasteiger partial charge < -0.3 is 5.32 Å². The lowest BCUT2D eigenvalue weighted by Crippen LogP contribution is -2.21. The average molecular weight is 283 g/mol. The molecule has 2 nitrogen and oxygen atoms in total. The van der Waals surface area contributed by atoms with E-state index in [0.717, 1.165) is 0 Å². The van der Waals surface area contributed by atoms with Gasteiger partial charge in [0.05, 0.1) is 11.1 Å². The van der Waals surface area contributed by atoms with Crippen LogP contribution in [0.3, 0.4) is 0 Å². The second-order valence-electron chi connectivity index (χ2n) is 4.21. The van der Waals surface area contributed by atoms with Gasteiger partial charge in [-0.1, -0.05) is 17.7 Å². The van der Waals surface area contributed by atoms with Crippen LogP contribution in [0.5, 0.6) is 0 Å². The van der Waals surface area contributed by atoms with Crippen molar-refractivity contribution in [3.8, 4) is 0 Å². The maximum absolute atomic E-state index is 14.2. The third-order valence-electron chi connectivity index (χ3n) is 3.01. The monoisotopic (exact) mass is 282 g/mol. The summed E-state index contributed by atoms with van der Waals surface area (Å²) >= 11 is 6.04. The van der Waals surface area contributed by atoms with Gasteiger partial charge in [0.1, 0.15) is 11.6 Å². The van der Waals surface area contributed by atoms with Crippen LogP contribution >= 0.6 is 11.6 Å². The van der Waals surface area contributed by atoms with Gasteiger partial charge in [0.2, 0.25) is 0 Å². The second kappa shape index (κ2) is 5.63. The number of rotatable bonds is 3. The molecule has 0 saturated heterocycles. The number of aromatic nitrogens is 1. The minimum atomic E-state index is -0.657. The van der Waals surface area contributed by atoms with E-state index < -0.39 is 17.7 Å². The Morgan fingerprint density at radius 3 is 2.63 bits per heavy atom. The Hall–Kier alpha value is -1.52. The van der Waals surface area contributed by atoms with Gasteiger partial charge in [-0.3, -0.25) is 4.98 Å². The summed E-state index contributed by atoms with van der Waals surface area (Å²) < 4.78 is 28.1. The molecule has 2 rings (SSSR count). The highest BCUT2D eigenvalue weighted by Gasteiger charge is 2.23. The van der Waals surface area contributed by atoms with E-state index in [0.29, 0.717) is 16.1 Å². The topological polar surface area (TPSA) is 24.9 Å². The van der Waals surface area contributed by atoms with Crippen molar-refractivity contribution in [3.63, 3.8) is 0 Å². The van der Waals surface area contributed by atoms with Crippen LogP contribution in [-0.4, -0.2) is 12.0 Å². The molecule has 0 aliphatic heterocycles. The van der Waals surface area contributed by atoms with E-state index in [1.165, 1.54) is 24.5 Å². The van der Waals surface area contributed by atoms with Crippen molar-refractivity contribution in [3.05, 3.63) is 63.9 Å². The van der Waals surface area contributed by atoms with E-state index in [-0.39, 0.29) is 5.56 Å². The summed E-state index contributed by atoms with van der Waals surface area (Å²) in [5, 5.41) is 3.26. The smallest absolute Gasteiger partial charge is 0.134 e. The normalized spacial score (nSPS) is 12.5. The lowest BCUT2D eigenvalue weighted by molar-refractivity contribution is 0.517. The molecule has 0 amide bonds. The minimum Gasteiger partial charge on any atom is -0.309 e. The number of nitrogens with zero attached hydrogens (tertiary/aromatic N) is 1. The van der Waals surface area contributed by atoms with Gasteiger partial charge in [0.25, 0.3) is 0 Å². The van der Waals surface area contributed by atoms with Crippen LogP contribution in [0.4, 0.5) is 8.78 Å². The standard InChI is InChI=1S/C14H13ClF2N2/c1-8-3-4-11(16)12(13(8)17)14(18-2)9-5-6-19-7-10(9)15/h3-7,14,18H,1-2H3. The highest BCUT2D eigenvalue weighted by Crippen LogP contribution is 2.31. The van der Waals surface area contributed by atoms with Crippen LogP contribution < -0.4 is 5.32 Å². The van der Waals surface area contributed by atoms with Crippen LogP contribution in [0.1, 0.15) is 22.7 Å². The quantitative estimate of drug-likeness (QED) is 0.930. The van der Waals surface area contributed by atoms with Crippen molar-refractivity contribution in [1.29, 1.82) is 0 Å². The molecule has 0 bridgehead atoms. The molecule has 1 aromatic heterocycles. The molecule has 0 aliphatic rings. The molecule has 0 aliphatic carbocycles. The van der Waals surface area contributed by atoms with Crippen molar-refractivity contribution in [2.45, 2.75) is 13.0 Å². The van der Waals surface area contributed by atoms with Gasteiger partial charge in [-0.25, -0.2) is 8.78 Å². The lowest BCUT2D eigenvalue weighted by Gasteiger charge is -2.20. The van der Waals surface area contributed by atoms with Crippen LogP contribution in [0, 0.1) is 18.6 Å². The summed E-state index contributed by atoms with van der Waals surface area (Å²) in [5.74, 6) is -1.16. The zero-order valence-electron chi connectivity index (χ0n) is 10.5. The number of nitrogens with one attached hydrogen (secondary N) is 1. The average Bonchev–Trinajstić information content (AvgIpc) is 2.40. The van der Waals surface area contributed by atoms with Gasteiger partial charge in [-0.05, 0) is 37.2 Å². The van der Waals surface area contributed by atoms with E-state index in [1.54, 1.807) is 20.0 Å². The van der Waals surface area contributed by atoms with E-state index in [2.05, 4.69) is 10.3 Å². The molecule has 2 aromatic rings. The summed E-state index contributed by atoms with van der Waals surface area (Å²) in [6.07, 6.45) is 2.99. The molecule has 1 aromatic carbocycles. The van der Waals surface area contributed by atoms with Gasteiger partial charge >= 0.3 is 0 Å². The Bertz CT molecular complexity index is 602. The molecule has 0 radical (unpaired) electrons. The van der Waals surface area contributed by atoms with Gasteiger partial charge in [0, 0.05) is 18.0 Å². The number of hydrogen-bond acceptors (Lipinski definition) is 2. The summed E-state index contributed by atoms with van der Waals surface area (Å²) in [4.78, 5) is 3.87. The summed E-state index contributed by atoms with van der Waals surface area (Å²) in [5.41, 5.74) is 0.944. The van der Waals surface area contributed by atoms with Crippen molar-refractivity contribution in [2.24, 2.45) is 0 Å². The maximum atomic E-state index is 14.2. The van der Waals surface area contributed by atoms with E-state index >= 15 is 0 Å². The first-order chi connectivity index (χ1) is 9.06. The SMILES string of the molecule is CNC(c1ccncc1Cl)c1c(F)ccc(C)c1F. The summed E-state index contributed by atoms with van der Waals surface area (Å²) in [7, 11) is 1.63. The van der Waals surface area contributed by atoms with Crippen LogP contribution in [0.2, 0.25) is 5.02 Å². The number of aryl methyl sites for hydroxylation is 1. The molecule has 0 saturated carbocycles. The predicted octanol–water partition coefficient (Wildman–Crippen LogP) is 3.63. The first-order valence-electron chi connectivity index (χ1n) is 5.77. The fourth-order valence-corrected chi connectivity index (χ4v) is 2.25. The molecule has 1 N–H and O–H groups in total. The number of hydrogen-bond donors (Lipinski definition) is 1. The molecule has 0 fully saturated rings. The molecular formula is C14H13ClF2N2. The molecular weight excluding hydrogens is 270 g/mol. The molecule has 1 atom stereocenters. The molecule has 5 heteroatoms. The molecule has 100 valence electrons. The third-order valence-corrected chi connectivity index (χ3v) is 3.33. The Kier molecular flexibility index (Phi) is 4.12. The van der Waals surface area contributed by atoms with Crippen molar-refractivity contribution < 1.29 is 8.78 Å². The zero-order chi connectivity index (χ0) is 14.0. The first-order valence-corrected chi connectivity index (χ1v) is 6.15. The largest absolute Gasteiger partial charge is 0.309 e. The Labute approximate surface area is 115 Å². The number of benzene rings is 1. The Balaban J connectivity index is 2.61. The van der Waals surface area contributed by atoms with Gasteiger partial charge in [-0.15, -0.1) is 0 Å².